The summed E-state index contributed by atoms with van der Waals surface area (Å²) in [7, 11) is 0. The molecule has 1 aromatic rings. The Balaban J connectivity index is 1.97. The van der Waals surface area contributed by atoms with Crippen LogP contribution in [0.3, 0.4) is 0 Å². The van der Waals surface area contributed by atoms with Gasteiger partial charge in [0.25, 0.3) is 0 Å². The zero-order valence-corrected chi connectivity index (χ0v) is 9.65. The largest absolute Gasteiger partial charge is 0.478 e. The van der Waals surface area contributed by atoms with E-state index >= 15 is 0 Å². The Bertz CT molecular complexity index is 459. The van der Waals surface area contributed by atoms with E-state index in [1.54, 1.807) is 6.07 Å². The van der Waals surface area contributed by atoms with E-state index in [9.17, 15) is 4.79 Å². The Morgan fingerprint density at radius 2 is 2.35 bits per heavy atom. The fraction of sp³-hybridized carbons (Fsp3) is 0.462. The van der Waals surface area contributed by atoms with Gasteiger partial charge in [-0.05, 0) is 36.6 Å². The van der Waals surface area contributed by atoms with Gasteiger partial charge in [0.2, 0.25) is 0 Å². The topological polar surface area (TPSA) is 52.6 Å². The van der Waals surface area contributed by atoms with Crippen molar-refractivity contribution in [3.63, 3.8) is 0 Å². The van der Waals surface area contributed by atoms with Crippen LogP contribution in [0.25, 0.3) is 0 Å². The summed E-state index contributed by atoms with van der Waals surface area (Å²) in [5.74, 6) is -0.838. The highest BCUT2D eigenvalue weighted by molar-refractivity contribution is 5.88. The third-order valence-electron chi connectivity index (χ3n) is 3.73. The molecule has 17 heavy (non-hydrogen) atoms. The molecule has 2 N–H and O–H groups in total. The summed E-state index contributed by atoms with van der Waals surface area (Å²) in [5, 5.41) is 12.4. The number of benzene rings is 1. The minimum Gasteiger partial charge on any atom is -0.478 e. The summed E-state index contributed by atoms with van der Waals surface area (Å²) < 4.78 is 0. The first kappa shape index (κ1) is 10.6. The van der Waals surface area contributed by atoms with Crippen LogP contribution < -0.4 is 10.2 Å². The second kappa shape index (κ2) is 4.04. The lowest BCUT2D eigenvalue weighted by atomic mass is 9.93. The number of aromatic carboxylic acids is 1. The molecule has 1 saturated heterocycles. The average molecular weight is 232 g/mol. The van der Waals surface area contributed by atoms with Crippen molar-refractivity contribution in [2.24, 2.45) is 0 Å². The molecule has 1 fully saturated rings. The zero-order chi connectivity index (χ0) is 11.8. The van der Waals surface area contributed by atoms with Crippen molar-refractivity contribution < 1.29 is 9.90 Å². The maximum Gasteiger partial charge on any atom is 0.335 e. The van der Waals surface area contributed by atoms with Crippen LogP contribution in [0.1, 0.15) is 22.3 Å². The van der Waals surface area contributed by atoms with Gasteiger partial charge in [0.1, 0.15) is 0 Å². The van der Waals surface area contributed by atoms with E-state index in [1.807, 2.05) is 12.1 Å². The number of carboxylic acid groups (broad SMARTS) is 1. The molecule has 0 unspecified atom stereocenters. The van der Waals surface area contributed by atoms with E-state index in [4.69, 9.17) is 5.11 Å². The molecule has 2 heterocycles. The number of aryl methyl sites for hydroxylation is 1. The Hall–Kier alpha value is -1.55. The van der Waals surface area contributed by atoms with Gasteiger partial charge in [0, 0.05) is 31.4 Å². The van der Waals surface area contributed by atoms with Gasteiger partial charge < -0.3 is 15.3 Å². The van der Waals surface area contributed by atoms with Crippen molar-refractivity contribution in [1.82, 2.24) is 5.32 Å². The lowest BCUT2D eigenvalue weighted by Gasteiger charge is -2.42. The van der Waals surface area contributed by atoms with Crippen LogP contribution >= 0.6 is 0 Å². The summed E-state index contributed by atoms with van der Waals surface area (Å²) in [5.41, 5.74) is 2.81. The maximum absolute atomic E-state index is 10.9. The third-order valence-corrected chi connectivity index (χ3v) is 3.73. The number of fused-ring (bicyclic) bond motifs is 3. The maximum atomic E-state index is 10.9. The van der Waals surface area contributed by atoms with Crippen molar-refractivity contribution in [2.45, 2.75) is 18.9 Å². The highest BCUT2D eigenvalue weighted by atomic mass is 16.4. The van der Waals surface area contributed by atoms with Gasteiger partial charge in [-0.15, -0.1) is 0 Å². The Morgan fingerprint density at radius 3 is 3.18 bits per heavy atom. The predicted molar refractivity (Wildman–Crippen MR) is 65.7 cm³/mol. The van der Waals surface area contributed by atoms with Gasteiger partial charge in [0.15, 0.2) is 0 Å². The second-order valence-corrected chi connectivity index (χ2v) is 4.74. The number of carboxylic acids is 1. The molecule has 2 aliphatic rings. The number of hydrogen-bond acceptors (Lipinski definition) is 3. The molecule has 90 valence electrons. The molecule has 0 saturated carbocycles. The Labute approximate surface area is 100 Å². The molecule has 1 atom stereocenters. The number of rotatable bonds is 1. The van der Waals surface area contributed by atoms with Crippen LogP contribution in [0.15, 0.2) is 18.2 Å². The van der Waals surface area contributed by atoms with Gasteiger partial charge in [-0.1, -0.05) is 0 Å². The van der Waals surface area contributed by atoms with Crippen molar-refractivity contribution >= 4 is 11.7 Å². The van der Waals surface area contributed by atoms with Crippen molar-refractivity contribution in [2.75, 3.05) is 24.5 Å². The fourth-order valence-electron chi connectivity index (χ4n) is 2.86. The number of anilines is 1. The zero-order valence-electron chi connectivity index (χ0n) is 9.65. The summed E-state index contributed by atoms with van der Waals surface area (Å²) in [4.78, 5) is 13.4. The van der Waals surface area contributed by atoms with E-state index in [-0.39, 0.29) is 0 Å². The van der Waals surface area contributed by atoms with E-state index in [0.29, 0.717) is 11.6 Å². The fourth-order valence-corrected chi connectivity index (χ4v) is 2.86. The first-order valence-corrected chi connectivity index (χ1v) is 6.09. The molecule has 4 nitrogen and oxygen atoms in total. The van der Waals surface area contributed by atoms with Crippen molar-refractivity contribution in [1.29, 1.82) is 0 Å². The smallest absolute Gasteiger partial charge is 0.335 e. The first-order valence-electron chi connectivity index (χ1n) is 6.09. The van der Waals surface area contributed by atoms with Crippen LogP contribution in [0.5, 0.6) is 0 Å². The summed E-state index contributed by atoms with van der Waals surface area (Å²) >= 11 is 0. The summed E-state index contributed by atoms with van der Waals surface area (Å²) in [6, 6.07) is 6.09. The molecule has 1 aromatic carbocycles. The number of nitrogens with one attached hydrogen (secondary N) is 1. The minimum atomic E-state index is -0.838. The van der Waals surface area contributed by atoms with Crippen molar-refractivity contribution in [3.8, 4) is 0 Å². The molecule has 4 heteroatoms. The highest BCUT2D eigenvalue weighted by Crippen LogP contribution is 2.31. The average Bonchev–Trinajstić information content (AvgIpc) is 2.38. The van der Waals surface area contributed by atoms with Gasteiger partial charge >= 0.3 is 5.97 Å². The van der Waals surface area contributed by atoms with Gasteiger partial charge in [0.05, 0.1) is 5.56 Å². The second-order valence-electron chi connectivity index (χ2n) is 4.74. The number of piperazine rings is 1. The van der Waals surface area contributed by atoms with Gasteiger partial charge in [-0.2, -0.15) is 0 Å². The van der Waals surface area contributed by atoms with Crippen molar-refractivity contribution in [3.05, 3.63) is 29.3 Å². The minimum absolute atomic E-state index is 0.400. The lowest BCUT2D eigenvalue weighted by Crippen LogP contribution is -2.53. The molecule has 0 aliphatic carbocycles. The SMILES string of the molecule is O=C(O)c1ccc2c(c1)CC[C@@H]1CNCCN21. The molecule has 0 radical (unpaired) electrons. The monoisotopic (exact) mass is 232 g/mol. The molecule has 0 spiro atoms. The quantitative estimate of drug-likeness (QED) is 0.761. The van der Waals surface area contributed by atoms with Crippen LogP contribution in [-0.2, 0) is 6.42 Å². The van der Waals surface area contributed by atoms with Gasteiger partial charge in [-0.25, -0.2) is 4.79 Å². The number of nitrogens with zero attached hydrogens (tertiary/aromatic N) is 1. The molecular weight excluding hydrogens is 216 g/mol. The number of carbonyl (C=O) groups is 1. The van der Waals surface area contributed by atoms with E-state index in [0.717, 1.165) is 32.5 Å². The van der Waals surface area contributed by atoms with Crippen LogP contribution in [0.2, 0.25) is 0 Å². The molecule has 0 bridgehead atoms. The normalized spacial score (nSPS) is 22.8. The van der Waals surface area contributed by atoms with Crippen LogP contribution in [0.4, 0.5) is 5.69 Å². The summed E-state index contributed by atoms with van der Waals surface area (Å²) in [6.45, 7) is 3.07. The predicted octanol–water partition coefficient (Wildman–Crippen LogP) is 1.11. The Morgan fingerprint density at radius 1 is 1.47 bits per heavy atom. The number of hydrogen-bond donors (Lipinski definition) is 2. The van der Waals surface area contributed by atoms with Crippen LogP contribution in [-0.4, -0.2) is 36.8 Å². The van der Waals surface area contributed by atoms with E-state index in [2.05, 4.69) is 10.2 Å². The molecule has 0 amide bonds. The molecule has 0 aromatic heterocycles. The first-order chi connectivity index (χ1) is 8.25. The molecule has 3 rings (SSSR count). The van der Waals surface area contributed by atoms with E-state index in [1.165, 1.54) is 11.3 Å². The van der Waals surface area contributed by atoms with Crippen LogP contribution in [0, 0.1) is 0 Å². The summed E-state index contributed by atoms with van der Waals surface area (Å²) in [6.07, 6.45) is 2.10. The lowest BCUT2D eigenvalue weighted by molar-refractivity contribution is 0.0697. The standard InChI is InChI=1S/C13H16N2O2/c16-13(17)10-2-4-12-9(7-10)1-3-11-8-14-5-6-15(11)12/h2,4,7,11,14H,1,3,5-6,8H2,(H,16,17)/t11-/m1/s1. The van der Waals surface area contributed by atoms with E-state index < -0.39 is 5.97 Å². The van der Waals surface area contributed by atoms with Gasteiger partial charge in [-0.3, -0.25) is 0 Å². The third kappa shape index (κ3) is 1.78. The highest BCUT2D eigenvalue weighted by Gasteiger charge is 2.28. The molecule has 2 aliphatic heterocycles. The Kier molecular flexibility index (Phi) is 2.52. The molecular formula is C13H16N2O2.